The molecule has 9 nitrogen and oxygen atoms in total. The first kappa shape index (κ1) is 27.2. The summed E-state index contributed by atoms with van der Waals surface area (Å²) in [5.41, 5.74) is 1.48. The van der Waals surface area contributed by atoms with Gasteiger partial charge in [-0.1, -0.05) is 55.2 Å². The Hall–Kier alpha value is -3.41. The number of aromatic nitrogens is 3. The largest absolute Gasteiger partial charge is 0.481 e. The fourth-order valence-corrected chi connectivity index (χ4v) is 6.84. The summed E-state index contributed by atoms with van der Waals surface area (Å²) in [5.74, 6) is 0.387. The number of ether oxygens (including phenoxy) is 1. The second-order valence-corrected chi connectivity index (χ2v) is 12.4. The van der Waals surface area contributed by atoms with E-state index in [4.69, 9.17) is 4.74 Å². The molecule has 5 rings (SSSR count). The number of nitrogens with zero attached hydrogens (tertiary/aromatic N) is 3. The number of sulfonamides is 1. The molecule has 0 radical (unpaired) electrons. The minimum Gasteiger partial charge on any atom is -0.481 e. The fraction of sp³-hybridized carbons (Fsp3) is 0.357. The number of anilines is 1. The number of amides is 1. The lowest BCUT2D eigenvalue weighted by Crippen LogP contribution is -2.39. The maximum absolute atomic E-state index is 13.5. The number of benzene rings is 1. The van der Waals surface area contributed by atoms with Crippen molar-refractivity contribution < 1.29 is 22.5 Å². The molecule has 1 amide bonds. The van der Waals surface area contributed by atoms with Gasteiger partial charge < -0.3 is 10.1 Å². The van der Waals surface area contributed by atoms with Crippen LogP contribution in [0.5, 0.6) is 5.88 Å². The van der Waals surface area contributed by atoms with Gasteiger partial charge in [0.25, 0.3) is 0 Å². The average molecular weight is 567 g/mol. The molecule has 1 aromatic carbocycles. The van der Waals surface area contributed by atoms with E-state index in [0.29, 0.717) is 40.2 Å². The second kappa shape index (κ2) is 12.2. The summed E-state index contributed by atoms with van der Waals surface area (Å²) >= 11 is 1.30. The third-order valence-electron chi connectivity index (χ3n) is 7.06. The molecule has 204 valence electrons. The van der Waals surface area contributed by atoms with E-state index < -0.39 is 15.9 Å². The van der Waals surface area contributed by atoms with Gasteiger partial charge in [0.05, 0.1) is 24.5 Å². The number of rotatable bonds is 11. The Morgan fingerprint density at radius 3 is 2.54 bits per heavy atom. The Kier molecular flexibility index (Phi) is 8.49. The van der Waals surface area contributed by atoms with Crippen LogP contribution in [0.2, 0.25) is 0 Å². The van der Waals surface area contributed by atoms with Crippen LogP contribution in [0.3, 0.4) is 0 Å². The molecule has 1 saturated carbocycles. The molecular weight excluding hydrogens is 534 g/mol. The molecular formula is C28H32N5O4S2+. The minimum atomic E-state index is -3.67. The monoisotopic (exact) mass is 566 g/mol. The van der Waals surface area contributed by atoms with E-state index in [1.54, 1.807) is 37.4 Å². The highest BCUT2D eigenvalue weighted by molar-refractivity contribution is 7.89. The molecule has 0 saturated heterocycles. The zero-order chi connectivity index (χ0) is 27.2. The van der Waals surface area contributed by atoms with E-state index >= 15 is 0 Å². The highest BCUT2D eigenvalue weighted by Gasteiger charge is 2.28. The van der Waals surface area contributed by atoms with E-state index in [2.05, 4.69) is 20.0 Å². The van der Waals surface area contributed by atoms with E-state index in [1.807, 2.05) is 41.2 Å². The van der Waals surface area contributed by atoms with Gasteiger partial charge in [-0.2, -0.15) is 0 Å². The predicted molar refractivity (Wildman–Crippen MR) is 150 cm³/mol. The lowest BCUT2D eigenvalue weighted by Gasteiger charge is -2.20. The number of pyridine rings is 2. The quantitative estimate of drug-likeness (QED) is 0.262. The van der Waals surface area contributed by atoms with Crippen LogP contribution in [0.1, 0.15) is 43.6 Å². The number of nitrogens with one attached hydrogen (secondary N) is 2. The molecule has 39 heavy (non-hydrogen) atoms. The van der Waals surface area contributed by atoms with Gasteiger partial charge in [0.15, 0.2) is 24.1 Å². The summed E-state index contributed by atoms with van der Waals surface area (Å²) in [6.45, 7) is 0.796. The minimum absolute atomic E-state index is 0.151. The molecule has 4 aromatic rings. The highest BCUT2D eigenvalue weighted by Crippen LogP contribution is 2.36. The third kappa shape index (κ3) is 6.78. The van der Waals surface area contributed by atoms with Crippen molar-refractivity contribution in [1.82, 2.24) is 14.7 Å². The number of thiazole rings is 1. The zero-order valence-corrected chi connectivity index (χ0v) is 23.4. The molecule has 3 heterocycles. The van der Waals surface area contributed by atoms with Gasteiger partial charge in [-0.15, -0.1) is 0 Å². The van der Waals surface area contributed by atoms with Crippen LogP contribution < -0.4 is 19.3 Å². The molecule has 2 N–H and O–H groups in total. The molecule has 3 aromatic heterocycles. The van der Waals surface area contributed by atoms with E-state index in [9.17, 15) is 13.2 Å². The van der Waals surface area contributed by atoms with Crippen molar-refractivity contribution in [3.8, 4) is 5.88 Å². The fourth-order valence-electron chi connectivity index (χ4n) is 4.99. The molecule has 1 atom stereocenters. The lowest BCUT2D eigenvalue weighted by atomic mass is 9.87. The van der Waals surface area contributed by atoms with Crippen molar-refractivity contribution in [2.75, 3.05) is 19.0 Å². The van der Waals surface area contributed by atoms with Gasteiger partial charge in [-0.25, -0.2) is 27.7 Å². The van der Waals surface area contributed by atoms with Crippen LogP contribution in [0, 0.1) is 5.92 Å². The van der Waals surface area contributed by atoms with Gasteiger partial charge in [-0.05, 0) is 36.1 Å². The van der Waals surface area contributed by atoms with Gasteiger partial charge in [0.1, 0.15) is 10.3 Å². The van der Waals surface area contributed by atoms with Crippen molar-refractivity contribution in [1.29, 1.82) is 0 Å². The molecule has 1 aliphatic rings. The van der Waals surface area contributed by atoms with E-state index in [-0.39, 0.29) is 17.3 Å². The first-order valence-electron chi connectivity index (χ1n) is 13.1. The number of hydrogen-bond acceptors (Lipinski definition) is 7. The molecule has 1 unspecified atom stereocenters. The van der Waals surface area contributed by atoms with Crippen LogP contribution in [0.25, 0.3) is 10.3 Å². The van der Waals surface area contributed by atoms with E-state index in [1.165, 1.54) is 24.2 Å². The molecule has 0 spiro atoms. The Bertz CT molecular complexity index is 1520. The van der Waals surface area contributed by atoms with Crippen molar-refractivity contribution in [2.45, 2.75) is 49.5 Å². The number of carbonyl (C=O) groups excluding carboxylic acids is 1. The maximum atomic E-state index is 13.5. The summed E-state index contributed by atoms with van der Waals surface area (Å²) in [6, 6.07) is 15.9. The topological polar surface area (TPSA) is 114 Å². The summed E-state index contributed by atoms with van der Waals surface area (Å²) < 4.78 is 35.5. The predicted octanol–water partition coefficient (Wildman–Crippen LogP) is 4.27. The number of methoxy groups -OCH3 is 1. The normalized spacial score (nSPS) is 14.9. The first-order chi connectivity index (χ1) is 18.9. The number of hydrogen-bond donors (Lipinski definition) is 2. The van der Waals surface area contributed by atoms with Gasteiger partial charge in [0.2, 0.25) is 21.8 Å². The average Bonchev–Trinajstić information content (AvgIpc) is 3.61. The lowest BCUT2D eigenvalue weighted by molar-refractivity contribution is -0.694. The third-order valence-corrected chi connectivity index (χ3v) is 9.42. The number of fused-ring (bicyclic) bond motifs is 1. The Balaban J connectivity index is 1.30. The smallest absolute Gasteiger partial charge is 0.240 e. The van der Waals surface area contributed by atoms with Gasteiger partial charge >= 0.3 is 0 Å². The van der Waals surface area contributed by atoms with Gasteiger partial charge in [-0.3, -0.25) is 4.79 Å². The van der Waals surface area contributed by atoms with Gasteiger partial charge in [0, 0.05) is 18.2 Å². The Morgan fingerprint density at radius 1 is 1.08 bits per heavy atom. The van der Waals surface area contributed by atoms with Crippen LogP contribution in [0.15, 0.2) is 71.9 Å². The van der Waals surface area contributed by atoms with Crippen molar-refractivity contribution in [2.24, 2.45) is 5.92 Å². The van der Waals surface area contributed by atoms with Crippen LogP contribution >= 0.6 is 11.3 Å². The summed E-state index contributed by atoms with van der Waals surface area (Å²) in [6.07, 6.45) is 9.04. The second-order valence-electron chi connectivity index (χ2n) is 9.71. The molecule has 0 aliphatic heterocycles. The van der Waals surface area contributed by atoms with Crippen LogP contribution in [-0.4, -0.2) is 37.9 Å². The van der Waals surface area contributed by atoms with Crippen molar-refractivity contribution >= 4 is 42.7 Å². The molecule has 1 aliphatic carbocycles. The van der Waals surface area contributed by atoms with Crippen LogP contribution in [0.4, 0.5) is 5.13 Å². The SMILES string of the molecule is COc1ccc2nc(NC(=O)C(CC3CCCC3)c3ccc(S(=O)(=O)NCC[n+]4ccccc4)cc3)sc2n1. The summed E-state index contributed by atoms with van der Waals surface area (Å²) in [5, 5.41) is 3.46. The molecule has 11 heteroatoms. The van der Waals surface area contributed by atoms with E-state index in [0.717, 1.165) is 18.4 Å². The number of carbonyl (C=O) groups is 1. The maximum Gasteiger partial charge on any atom is 0.240 e. The standard InChI is InChI=1S/C28H31N5O4S2/c1-37-25-14-13-24-27(31-25)38-28(30-24)32-26(34)23(19-20-7-3-4-8-20)21-9-11-22(12-10-21)39(35,36)29-15-18-33-16-5-2-6-17-33/h2,5-6,9-14,16-17,20,23,29H,3-4,7-8,15,18-19H2,1H3/p+1. The molecule has 1 fully saturated rings. The zero-order valence-electron chi connectivity index (χ0n) is 21.7. The highest BCUT2D eigenvalue weighted by atomic mass is 32.2. The summed E-state index contributed by atoms with van der Waals surface area (Å²) in [4.78, 5) is 23.3. The Labute approximate surface area is 232 Å². The summed E-state index contributed by atoms with van der Waals surface area (Å²) in [7, 11) is -2.12. The molecule has 0 bridgehead atoms. The Morgan fingerprint density at radius 2 is 1.82 bits per heavy atom. The first-order valence-corrected chi connectivity index (χ1v) is 15.4. The van der Waals surface area contributed by atoms with Crippen LogP contribution in [-0.2, 0) is 21.4 Å². The van der Waals surface area contributed by atoms with Crippen molar-refractivity contribution in [3.63, 3.8) is 0 Å². The van der Waals surface area contributed by atoms with Crippen molar-refractivity contribution in [3.05, 3.63) is 72.6 Å².